The summed E-state index contributed by atoms with van der Waals surface area (Å²) in [5, 5.41) is 8.53. The third kappa shape index (κ3) is 6.13. The summed E-state index contributed by atoms with van der Waals surface area (Å²) in [5.41, 5.74) is 0.635. The molecule has 22 heavy (non-hydrogen) atoms. The van der Waals surface area contributed by atoms with Crippen LogP contribution in [0.1, 0.15) is 58.7 Å². The number of amides is 2. The Balaban J connectivity index is 2.32. The Morgan fingerprint density at radius 3 is 2.27 bits per heavy atom. The Hall–Kier alpha value is -1.43. The summed E-state index contributed by atoms with van der Waals surface area (Å²) in [6, 6.07) is 0. The molecular formula is C16H27N3O2S. The highest BCUT2D eigenvalue weighted by Gasteiger charge is 2.20. The van der Waals surface area contributed by atoms with Gasteiger partial charge in [-0.05, 0) is 0 Å². The summed E-state index contributed by atoms with van der Waals surface area (Å²) in [5.74, 6) is -0.128. The maximum atomic E-state index is 11.8. The SMILES string of the molecule is CC(C)(C)C(=O)NCCC(=O)NCc1nc(C(C)(C)C)cs1. The first-order chi connectivity index (χ1) is 10.00. The van der Waals surface area contributed by atoms with Crippen molar-refractivity contribution in [3.8, 4) is 0 Å². The molecule has 5 nitrogen and oxygen atoms in total. The summed E-state index contributed by atoms with van der Waals surface area (Å²) in [4.78, 5) is 28.0. The molecule has 1 aromatic heterocycles. The number of hydrogen-bond donors (Lipinski definition) is 2. The van der Waals surface area contributed by atoms with Gasteiger partial charge in [-0.2, -0.15) is 0 Å². The molecule has 0 saturated heterocycles. The van der Waals surface area contributed by atoms with Gasteiger partial charge in [-0.15, -0.1) is 11.3 Å². The molecule has 0 spiro atoms. The van der Waals surface area contributed by atoms with Crippen molar-refractivity contribution in [3.05, 3.63) is 16.1 Å². The zero-order valence-corrected chi connectivity index (χ0v) is 15.2. The zero-order valence-electron chi connectivity index (χ0n) is 14.4. The van der Waals surface area contributed by atoms with E-state index < -0.39 is 5.41 Å². The van der Waals surface area contributed by atoms with Gasteiger partial charge >= 0.3 is 0 Å². The molecule has 0 fully saturated rings. The summed E-state index contributed by atoms with van der Waals surface area (Å²) in [6.45, 7) is 12.7. The Kier molecular flexibility index (Phi) is 6.11. The van der Waals surface area contributed by atoms with Gasteiger partial charge in [-0.25, -0.2) is 4.98 Å². The van der Waals surface area contributed by atoms with Crippen LogP contribution in [0.25, 0.3) is 0 Å². The molecule has 0 aromatic carbocycles. The fourth-order valence-corrected chi connectivity index (χ4v) is 2.51. The van der Waals surface area contributed by atoms with E-state index in [1.807, 2.05) is 26.2 Å². The second-order valence-electron chi connectivity index (χ2n) is 7.41. The highest BCUT2D eigenvalue weighted by molar-refractivity contribution is 7.09. The molecule has 1 rings (SSSR count). The van der Waals surface area contributed by atoms with E-state index in [1.54, 1.807) is 11.3 Å². The van der Waals surface area contributed by atoms with Gasteiger partial charge in [0.15, 0.2) is 0 Å². The normalized spacial score (nSPS) is 12.1. The number of carbonyl (C=O) groups excluding carboxylic acids is 2. The van der Waals surface area contributed by atoms with Gasteiger partial charge in [0.2, 0.25) is 11.8 Å². The van der Waals surface area contributed by atoms with Crippen molar-refractivity contribution in [3.63, 3.8) is 0 Å². The Morgan fingerprint density at radius 2 is 1.77 bits per heavy atom. The summed E-state index contributed by atoms with van der Waals surface area (Å²) < 4.78 is 0. The van der Waals surface area contributed by atoms with Crippen molar-refractivity contribution >= 4 is 23.2 Å². The fraction of sp³-hybridized carbons (Fsp3) is 0.688. The number of hydrogen-bond acceptors (Lipinski definition) is 4. The number of nitrogens with zero attached hydrogens (tertiary/aromatic N) is 1. The minimum Gasteiger partial charge on any atom is -0.355 e. The largest absolute Gasteiger partial charge is 0.355 e. The summed E-state index contributed by atoms with van der Waals surface area (Å²) in [6.07, 6.45) is 0.277. The van der Waals surface area contributed by atoms with Crippen LogP contribution >= 0.6 is 11.3 Å². The lowest BCUT2D eigenvalue weighted by molar-refractivity contribution is -0.128. The van der Waals surface area contributed by atoms with E-state index >= 15 is 0 Å². The van der Waals surface area contributed by atoms with Crippen molar-refractivity contribution in [2.75, 3.05) is 6.54 Å². The molecule has 0 aliphatic heterocycles. The number of thiazole rings is 1. The second-order valence-corrected chi connectivity index (χ2v) is 8.35. The van der Waals surface area contributed by atoms with E-state index in [4.69, 9.17) is 0 Å². The van der Waals surface area contributed by atoms with Gasteiger partial charge in [0.05, 0.1) is 12.2 Å². The first kappa shape index (κ1) is 18.6. The minimum absolute atomic E-state index is 0.0238. The topological polar surface area (TPSA) is 71.1 Å². The van der Waals surface area contributed by atoms with E-state index in [2.05, 4.69) is 36.4 Å². The van der Waals surface area contributed by atoms with Gasteiger partial charge < -0.3 is 10.6 Å². The zero-order chi connectivity index (χ0) is 17.0. The van der Waals surface area contributed by atoms with Crippen molar-refractivity contribution in [1.82, 2.24) is 15.6 Å². The fourth-order valence-electron chi connectivity index (χ4n) is 1.55. The average Bonchev–Trinajstić information content (AvgIpc) is 2.83. The Bertz CT molecular complexity index is 524. The average molecular weight is 325 g/mol. The van der Waals surface area contributed by atoms with Crippen LogP contribution in [0, 0.1) is 5.41 Å². The van der Waals surface area contributed by atoms with Crippen LogP contribution in [0.15, 0.2) is 5.38 Å². The molecule has 0 atom stereocenters. The molecule has 124 valence electrons. The lowest BCUT2D eigenvalue weighted by atomic mass is 9.93. The van der Waals surface area contributed by atoms with Gasteiger partial charge in [-0.1, -0.05) is 41.5 Å². The van der Waals surface area contributed by atoms with Gasteiger partial charge in [0, 0.05) is 29.2 Å². The molecule has 0 aliphatic carbocycles. The molecule has 2 amide bonds. The first-order valence-corrected chi connectivity index (χ1v) is 8.38. The molecular weight excluding hydrogens is 298 g/mol. The number of aromatic nitrogens is 1. The van der Waals surface area contributed by atoms with Gasteiger partial charge in [0.25, 0.3) is 0 Å². The monoisotopic (exact) mass is 325 g/mol. The first-order valence-electron chi connectivity index (χ1n) is 7.50. The van der Waals surface area contributed by atoms with Crippen molar-refractivity contribution in [1.29, 1.82) is 0 Å². The standard InChI is InChI=1S/C16H27N3O2S/c1-15(2,3)11-10-22-13(19-11)9-18-12(20)7-8-17-14(21)16(4,5)6/h10H,7-9H2,1-6H3,(H,17,21)(H,18,20). The van der Waals surface area contributed by atoms with Crippen molar-refractivity contribution in [2.24, 2.45) is 5.41 Å². The van der Waals surface area contributed by atoms with Crippen LogP contribution in [0.5, 0.6) is 0 Å². The molecule has 0 saturated carbocycles. The molecule has 6 heteroatoms. The van der Waals surface area contributed by atoms with E-state index in [1.165, 1.54) is 0 Å². The molecule has 0 unspecified atom stereocenters. The van der Waals surface area contributed by atoms with E-state index in [9.17, 15) is 9.59 Å². The maximum absolute atomic E-state index is 11.8. The lowest BCUT2D eigenvalue weighted by Gasteiger charge is -2.17. The van der Waals surface area contributed by atoms with Crippen LogP contribution in [0.4, 0.5) is 0 Å². The number of rotatable bonds is 5. The molecule has 2 N–H and O–H groups in total. The summed E-state index contributed by atoms with van der Waals surface area (Å²) >= 11 is 1.55. The maximum Gasteiger partial charge on any atom is 0.225 e. The highest BCUT2D eigenvalue weighted by atomic mass is 32.1. The molecule has 0 aliphatic rings. The highest BCUT2D eigenvalue weighted by Crippen LogP contribution is 2.23. The van der Waals surface area contributed by atoms with Crippen LogP contribution in [0.3, 0.4) is 0 Å². The van der Waals surface area contributed by atoms with Crippen LogP contribution in [0.2, 0.25) is 0 Å². The van der Waals surface area contributed by atoms with Crippen molar-refractivity contribution < 1.29 is 9.59 Å². The van der Waals surface area contributed by atoms with Gasteiger partial charge in [0.1, 0.15) is 5.01 Å². The molecule has 0 radical (unpaired) electrons. The predicted octanol–water partition coefficient (Wildman–Crippen LogP) is 2.61. The summed E-state index contributed by atoms with van der Waals surface area (Å²) in [7, 11) is 0. The number of nitrogens with one attached hydrogen (secondary N) is 2. The third-order valence-electron chi connectivity index (χ3n) is 3.08. The predicted molar refractivity (Wildman–Crippen MR) is 89.7 cm³/mol. The van der Waals surface area contributed by atoms with E-state index in [-0.39, 0.29) is 23.7 Å². The molecule has 1 heterocycles. The quantitative estimate of drug-likeness (QED) is 0.874. The minimum atomic E-state index is -0.430. The van der Waals surface area contributed by atoms with Crippen LogP contribution < -0.4 is 10.6 Å². The van der Waals surface area contributed by atoms with Crippen molar-refractivity contribution in [2.45, 2.75) is 59.9 Å². The molecule has 0 bridgehead atoms. The number of carbonyl (C=O) groups is 2. The Morgan fingerprint density at radius 1 is 1.14 bits per heavy atom. The smallest absolute Gasteiger partial charge is 0.225 e. The van der Waals surface area contributed by atoms with E-state index in [0.717, 1.165) is 10.7 Å². The van der Waals surface area contributed by atoms with Gasteiger partial charge in [-0.3, -0.25) is 9.59 Å². The van der Waals surface area contributed by atoms with Crippen LogP contribution in [-0.2, 0) is 21.5 Å². The van der Waals surface area contributed by atoms with E-state index in [0.29, 0.717) is 13.1 Å². The molecule has 1 aromatic rings. The van der Waals surface area contributed by atoms with Crippen LogP contribution in [-0.4, -0.2) is 23.3 Å². The third-order valence-corrected chi connectivity index (χ3v) is 3.92. The second kappa shape index (κ2) is 7.22. The lowest BCUT2D eigenvalue weighted by Crippen LogP contribution is -2.37. The Labute approximate surface area is 136 Å².